The smallest absolute Gasteiger partial charge is 0.335 e. The summed E-state index contributed by atoms with van der Waals surface area (Å²) in [5, 5.41) is 14.9. The van der Waals surface area contributed by atoms with Gasteiger partial charge >= 0.3 is 5.97 Å². The van der Waals surface area contributed by atoms with Crippen LogP contribution in [0.2, 0.25) is 0 Å². The second kappa shape index (κ2) is 10.6. The number of carbonyl (C=O) groups is 2. The van der Waals surface area contributed by atoms with E-state index in [2.05, 4.69) is 21.0 Å². The number of ether oxygens (including phenoxy) is 2. The fourth-order valence-corrected chi connectivity index (χ4v) is 3.97. The highest BCUT2D eigenvalue weighted by molar-refractivity contribution is 9.10. The minimum absolute atomic E-state index is 0.205. The van der Waals surface area contributed by atoms with E-state index in [9.17, 15) is 9.59 Å². The first-order chi connectivity index (χ1) is 16.9. The Morgan fingerprint density at radius 2 is 1.74 bits per heavy atom. The topological polar surface area (TPSA) is 88.4 Å². The number of anilines is 1. The molecular formula is C27H23BrN2O5. The van der Waals surface area contributed by atoms with E-state index in [1.54, 1.807) is 31.2 Å². The lowest BCUT2D eigenvalue weighted by Gasteiger charge is -2.15. The van der Waals surface area contributed by atoms with Crippen molar-refractivity contribution in [2.24, 2.45) is 5.10 Å². The molecule has 7 nitrogen and oxygen atoms in total. The molecule has 1 aliphatic rings. The number of para-hydroxylation sites is 1. The summed E-state index contributed by atoms with van der Waals surface area (Å²) in [6, 6.07) is 19.4. The average molecular weight is 535 g/mol. The number of aromatic carboxylic acids is 1. The molecule has 3 aromatic carbocycles. The van der Waals surface area contributed by atoms with Crippen LogP contribution in [0.3, 0.4) is 0 Å². The number of hydrogen-bond acceptors (Lipinski definition) is 5. The van der Waals surface area contributed by atoms with Crippen LogP contribution >= 0.6 is 15.9 Å². The predicted octanol–water partition coefficient (Wildman–Crippen LogP) is 5.93. The lowest BCUT2D eigenvalue weighted by Crippen LogP contribution is -2.21. The van der Waals surface area contributed by atoms with Crippen LogP contribution in [-0.2, 0) is 11.4 Å². The van der Waals surface area contributed by atoms with Gasteiger partial charge in [0.25, 0.3) is 5.91 Å². The summed E-state index contributed by atoms with van der Waals surface area (Å²) in [4.78, 5) is 24.1. The molecule has 178 valence electrons. The van der Waals surface area contributed by atoms with Crippen molar-refractivity contribution in [2.45, 2.75) is 20.5 Å². The van der Waals surface area contributed by atoms with Gasteiger partial charge in [-0.2, -0.15) is 10.1 Å². The van der Waals surface area contributed by atoms with Gasteiger partial charge in [-0.25, -0.2) is 4.79 Å². The Kier molecular flexibility index (Phi) is 7.31. The van der Waals surface area contributed by atoms with Crippen LogP contribution in [0.4, 0.5) is 5.69 Å². The van der Waals surface area contributed by atoms with Gasteiger partial charge in [-0.3, -0.25) is 4.79 Å². The summed E-state index contributed by atoms with van der Waals surface area (Å²) in [5.41, 5.74) is 3.60. The minimum Gasteiger partial charge on any atom is -0.490 e. The summed E-state index contributed by atoms with van der Waals surface area (Å²) >= 11 is 3.58. The van der Waals surface area contributed by atoms with Crippen molar-refractivity contribution in [3.8, 4) is 11.5 Å². The van der Waals surface area contributed by atoms with Crippen molar-refractivity contribution in [1.29, 1.82) is 0 Å². The van der Waals surface area contributed by atoms with E-state index in [1.165, 1.54) is 17.1 Å². The third-order valence-corrected chi connectivity index (χ3v) is 6.01. The minimum atomic E-state index is -0.974. The maximum absolute atomic E-state index is 13.1. The SMILES string of the molecule is CCOc1cc(/C=C2/C(=O)N(c3ccccc3)N=C2C)c(Br)cc1OCc1ccc(C(=O)O)cc1. The molecule has 0 fully saturated rings. The molecule has 0 spiro atoms. The summed E-state index contributed by atoms with van der Waals surface area (Å²) in [7, 11) is 0. The van der Waals surface area contributed by atoms with Crippen LogP contribution < -0.4 is 14.5 Å². The second-order valence-electron chi connectivity index (χ2n) is 7.74. The molecule has 0 bridgehead atoms. The highest BCUT2D eigenvalue weighted by Crippen LogP contribution is 2.36. The monoisotopic (exact) mass is 534 g/mol. The molecule has 0 aromatic heterocycles. The lowest BCUT2D eigenvalue weighted by molar-refractivity contribution is -0.114. The zero-order valence-corrected chi connectivity index (χ0v) is 20.8. The van der Waals surface area contributed by atoms with Crippen molar-refractivity contribution in [2.75, 3.05) is 11.6 Å². The Morgan fingerprint density at radius 1 is 1.06 bits per heavy atom. The first-order valence-electron chi connectivity index (χ1n) is 11.0. The third-order valence-electron chi connectivity index (χ3n) is 5.32. The van der Waals surface area contributed by atoms with Crippen LogP contribution in [0.1, 0.15) is 35.3 Å². The van der Waals surface area contributed by atoms with Crippen LogP contribution in [0, 0.1) is 0 Å². The van der Waals surface area contributed by atoms with E-state index in [4.69, 9.17) is 14.6 Å². The Labute approximate surface area is 211 Å². The molecule has 0 unspecified atom stereocenters. The maximum atomic E-state index is 13.1. The van der Waals surface area contributed by atoms with Gasteiger partial charge in [-0.05, 0) is 67.4 Å². The Hall–Kier alpha value is -3.91. The second-order valence-corrected chi connectivity index (χ2v) is 8.59. The largest absolute Gasteiger partial charge is 0.490 e. The van der Waals surface area contributed by atoms with Gasteiger partial charge in [-0.15, -0.1) is 0 Å². The predicted molar refractivity (Wildman–Crippen MR) is 138 cm³/mol. The van der Waals surface area contributed by atoms with Crippen LogP contribution in [0.15, 0.2) is 81.9 Å². The number of nitrogens with zero attached hydrogens (tertiary/aromatic N) is 2. The summed E-state index contributed by atoms with van der Waals surface area (Å²) in [6.45, 7) is 4.35. The van der Waals surface area contributed by atoms with Crippen molar-refractivity contribution < 1.29 is 24.2 Å². The average Bonchev–Trinajstić information content (AvgIpc) is 3.14. The fraction of sp³-hybridized carbons (Fsp3) is 0.148. The number of carboxylic acids is 1. The van der Waals surface area contributed by atoms with E-state index < -0.39 is 5.97 Å². The zero-order valence-electron chi connectivity index (χ0n) is 19.2. The summed E-state index contributed by atoms with van der Waals surface area (Å²) in [6.07, 6.45) is 1.78. The molecule has 3 aromatic rings. The van der Waals surface area contributed by atoms with E-state index in [1.807, 2.05) is 43.3 Å². The molecule has 0 saturated carbocycles. The Morgan fingerprint density at radius 3 is 2.40 bits per heavy atom. The molecule has 0 saturated heterocycles. The van der Waals surface area contributed by atoms with E-state index in [0.29, 0.717) is 35.1 Å². The summed E-state index contributed by atoms with van der Waals surface area (Å²) < 4.78 is 12.5. The molecule has 35 heavy (non-hydrogen) atoms. The van der Waals surface area contributed by atoms with Crippen molar-refractivity contribution >= 4 is 45.3 Å². The zero-order chi connectivity index (χ0) is 24.9. The molecule has 4 rings (SSSR count). The normalized spacial score (nSPS) is 14.3. The van der Waals surface area contributed by atoms with Crippen LogP contribution in [0.5, 0.6) is 11.5 Å². The van der Waals surface area contributed by atoms with Gasteiger partial charge in [0.15, 0.2) is 11.5 Å². The molecule has 8 heteroatoms. The van der Waals surface area contributed by atoms with Crippen molar-refractivity contribution in [3.63, 3.8) is 0 Å². The maximum Gasteiger partial charge on any atom is 0.335 e. The molecule has 1 N–H and O–H groups in total. The standard InChI is InChI=1S/C27H23BrN2O5/c1-3-34-24-14-20(13-22-17(2)29-30(26(22)31)21-7-5-4-6-8-21)23(28)15-25(24)35-16-18-9-11-19(12-10-18)27(32)33/h4-15H,3,16H2,1-2H3,(H,32,33)/b22-13+. The molecule has 1 aliphatic heterocycles. The first-order valence-corrected chi connectivity index (χ1v) is 11.7. The van der Waals surface area contributed by atoms with Crippen molar-refractivity contribution in [3.05, 3.63) is 93.5 Å². The highest BCUT2D eigenvalue weighted by Gasteiger charge is 2.29. The van der Waals surface area contributed by atoms with Gasteiger partial charge in [0.05, 0.1) is 29.1 Å². The highest BCUT2D eigenvalue weighted by atomic mass is 79.9. The van der Waals surface area contributed by atoms with E-state index in [-0.39, 0.29) is 18.1 Å². The number of hydrogen-bond donors (Lipinski definition) is 1. The van der Waals surface area contributed by atoms with Crippen LogP contribution in [0.25, 0.3) is 6.08 Å². The fourth-order valence-electron chi connectivity index (χ4n) is 3.53. The van der Waals surface area contributed by atoms with Gasteiger partial charge < -0.3 is 14.6 Å². The van der Waals surface area contributed by atoms with Gasteiger partial charge in [0, 0.05) is 4.47 Å². The molecule has 1 amide bonds. The third kappa shape index (κ3) is 5.44. The number of hydrazone groups is 1. The number of rotatable bonds is 8. The van der Waals surface area contributed by atoms with E-state index >= 15 is 0 Å². The van der Waals surface area contributed by atoms with Crippen LogP contribution in [-0.4, -0.2) is 29.3 Å². The number of halogens is 1. The number of benzene rings is 3. The first kappa shape index (κ1) is 24.2. The summed E-state index contributed by atoms with van der Waals surface area (Å²) in [5.74, 6) is -0.122. The van der Waals surface area contributed by atoms with Gasteiger partial charge in [0.2, 0.25) is 0 Å². The molecule has 0 aliphatic carbocycles. The number of carbonyl (C=O) groups excluding carboxylic acids is 1. The molecular weight excluding hydrogens is 512 g/mol. The van der Waals surface area contributed by atoms with E-state index in [0.717, 1.165) is 15.6 Å². The molecule has 1 heterocycles. The van der Waals surface area contributed by atoms with Gasteiger partial charge in [0.1, 0.15) is 6.61 Å². The number of carboxylic acid groups (broad SMARTS) is 1. The molecule has 0 atom stereocenters. The molecule has 0 radical (unpaired) electrons. The number of amides is 1. The quantitative estimate of drug-likeness (QED) is 0.361. The van der Waals surface area contributed by atoms with Gasteiger partial charge in [-0.1, -0.05) is 46.3 Å². The Balaban J connectivity index is 1.58. The van der Waals surface area contributed by atoms with Crippen molar-refractivity contribution in [1.82, 2.24) is 0 Å². The Bertz CT molecular complexity index is 1320. The lowest BCUT2D eigenvalue weighted by atomic mass is 10.1.